The van der Waals surface area contributed by atoms with Gasteiger partial charge in [-0.25, -0.2) is 0 Å². The Morgan fingerprint density at radius 3 is 2.45 bits per heavy atom. The summed E-state index contributed by atoms with van der Waals surface area (Å²) >= 11 is 11.6. The Kier molecular flexibility index (Phi) is 7.24. The number of hydrogen-bond acceptors (Lipinski definition) is 5. The number of aryl methyl sites for hydroxylation is 2. The molecule has 1 aliphatic rings. The van der Waals surface area contributed by atoms with Gasteiger partial charge < -0.3 is 10.1 Å². The third-order valence-corrected chi connectivity index (χ3v) is 5.53. The summed E-state index contributed by atoms with van der Waals surface area (Å²) in [6.07, 6.45) is 1.37. The zero-order chi connectivity index (χ0) is 22.7. The summed E-state index contributed by atoms with van der Waals surface area (Å²) in [7, 11) is 0. The van der Waals surface area contributed by atoms with Crippen molar-refractivity contribution in [2.45, 2.75) is 13.8 Å². The zero-order valence-corrected chi connectivity index (χ0v) is 20.5. The minimum Gasteiger partial charge on any atom is -0.482 e. The average molecular weight is 567 g/mol. The van der Waals surface area contributed by atoms with E-state index in [0.717, 1.165) is 11.1 Å². The van der Waals surface area contributed by atoms with Crippen molar-refractivity contribution < 1.29 is 19.1 Å². The van der Waals surface area contributed by atoms with Gasteiger partial charge in [0.25, 0.3) is 17.7 Å². The fourth-order valence-corrected chi connectivity index (χ4v) is 4.44. The van der Waals surface area contributed by atoms with Crippen molar-refractivity contribution in [3.05, 3.63) is 61.5 Å². The first-order chi connectivity index (χ1) is 14.6. The second kappa shape index (κ2) is 9.71. The highest BCUT2D eigenvalue weighted by molar-refractivity contribution is 9.11. The molecule has 0 saturated carbocycles. The van der Waals surface area contributed by atoms with Gasteiger partial charge in [0, 0.05) is 15.7 Å². The Morgan fingerprint density at radius 2 is 1.81 bits per heavy atom. The molecule has 0 aromatic heterocycles. The molecule has 0 aliphatic carbocycles. The summed E-state index contributed by atoms with van der Waals surface area (Å²) in [5, 5.41) is 7.52. The van der Waals surface area contributed by atoms with Crippen LogP contribution >= 0.6 is 44.1 Å². The Balaban J connectivity index is 1.82. The van der Waals surface area contributed by atoms with Gasteiger partial charge in [-0.2, -0.15) is 0 Å². The van der Waals surface area contributed by atoms with Crippen LogP contribution in [0.15, 0.2) is 44.9 Å². The molecule has 0 unspecified atom stereocenters. The van der Waals surface area contributed by atoms with E-state index in [9.17, 15) is 14.4 Å². The molecule has 1 heterocycles. The Morgan fingerprint density at radius 1 is 1.13 bits per heavy atom. The van der Waals surface area contributed by atoms with Crippen LogP contribution in [-0.4, -0.2) is 29.4 Å². The summed E-state index contributed by atoms with van der Waals surface area (Å²) in [5.41, 5.74) is 3.02. The van der Waals surface area contributed by atoms with Gasteiger partial charge in [-0.15, -0.1) is 0 Å². The first-order valence-electron chi connectivity index (χ1n) is 9.01. The van der Waals surface area contributed by atoms with Gasteiger partial charge >= 0.3 is 0 Å². The highest BCUT2D eigenvalue weighted by atomic mass is 79.9. The van der Waals surface area contributed by atoms with Crippen LogP contribution < -0.4 is 20.7 Å². The average Bonchev–Trinajstić information content (AvgIpc) is 2.66. The molecule has 0 spiro atoms. The first-order valence-corrected chi connectivity index (χ1v) is 11.0. The van der Waals surface area contributed by atoms with E-state index >= 15 is 0 Å². The van der Waals surface area contributed by atoms with Crippen LogP contribution in [0.2, 0.25) is 0 Å². The summed E-state index contributed by atoms with van der Waals surface area (Å²) in [6, 6.07) is 9.11. The number of benzene rings is 2. The molecule has 1 aliphatic heterocycles. The molecule has 1 saturated heterocycles. The van der Waals surface area contributed by atoms with Crippen LogP contribution in [0, 0.1) is 13.8 Å². The van der Waals surface area contributed by atoms with E-state index in [0.29, 0.717) is 25.9 Å². The minimum absolute atomic E-state index is 0.0536. The standard InChI is InChI=1S/C21H17Br2N3O4S/c1-10-3-4-16(11(2)5-10)24-17(27)9-30-18-12(6-13(22)8-15(18)23)7-14-19(28)25-21(31)26-20(14)29/h3-8H,9H2,1-2H3,(H,24,27)(H2,25,26,28,29,31). The topological polar surface area (TPSA) is 96.5 Å². The second-order valence-electron chi connectivity index (χ2n) is 6.76. The lowest BCUT2D eigenvalue weighted by Crippen LogP contribution is -2.51. The summed E-state index contributed by atoms with van der Waals surface area (Å²) < 4.78 is 6.97. The molecule has 3 N–H and O–H groups in total. The summed E-state index contributed by atoms with van der Waals surface area (Å²) in [4.78, 5) is 36.8. The van der Waals surface area contributed by atoms with Gasteiger partial charge in [0.1, 0.15) is 11.3 Å². The van der Waals surface area contributed by atoms with E-state index in [2.05, 4.69) is 47.8 Å². The molecule has 31 heavy (non-hydrogen) atoms. The molecule has 1 fully saturated rings. The van der Waals surface area contributed by atoms with Crippen LogP contribution in [0.4, 0.5) is 5.69 Å². The largest absolute Gasteiger partial charge is 0.482 e. The SMILES string of the molecule is Cc1ccc(NC(=O)COc2c(Br)cc(Br)cc2C=C2C(=O)NC(=S)NC2=O)c(C)c1. The zero-order valence-electron chi connectivity index (χ0n) is 16.5. The lowest BCUT2D eigenvalue weighted by molar-refractivity contribution is -0.123. The third-order valence-electron chi connectivity index (χ3n) is 4.28. The smallest absolute Gasteiger partial charge is 0.263 e. The molecule has 0 radical (unpaired) electrons. The van der Waals surface area contributed by atoms with E-state index in [1.807, 2.05) is 32.0 Å². The molecule has 10 heteroatoms. The molecule has 0 bridgehead atoms. The predicted octanol–water partition coefficient (Wildman–Crippen LogP) is 3.76. The molecule has 160 valence electrons. The molecule has 3 rings (SSSR count). The van der Waals surface area contributed by atoms with Gasteiger partial charge in [0.05, 0.1) is 4.47 Å². The fourth-order valence-electron chi connectivity index (χ4n) is 2.88. The highest BCUT2D eigenvalue weighted by Gasteiger charge is 2.26. The lowest BCUT2D eigenvalue weighted by Gasteiger charge is -2.17. The van der Waals surface area contributed by atoms with Crippen molar-refractivity contribution >= 4 is 78.7 Å². The van der Waals surface area contributed by atoms with E-state index in [1.54, 1.807) is 12.1 Å². The van der Waals surface area contributed by atoms with Crippen molar-refractivity contribution in [2.24, 2.45) is 0 Å². The van der Waals surface area contributed by atoms with E-state index in [1.165, 1.54) is 6.08 Å². The number of rotatable bonds is 5. The van der Waals surface area contributed by atoms with Gasteiger partial charge in [-0.3, -0.25) is 25.0 Å². The van der Waals surface area contributed by atoms with Crippen molar-refractivity contribution in [1.29, 1.82) is 0 Å². The van der Waals surface area contributed by atoms with Crippen LogP contribution in [0.3, 0.4) is 0 Å². The number of anilines is 1. The highest BCUT2D eigenvalue weighted by Crippen LogP contribution is 2.34. The maximum Gasteiger partial charge on any atom is 0.263 e. The van der Waals surface area contributed by atoms with Crippen LogP contribution in [0.1, 0.15) is 16.7 Å². The molecular weight excluding hydrogens is 550 g/mol. The summed E-state index contributed by atoms with van der Waals surface area (Å²) in [5.74, 6) is -1.29. The van der Waals surface area contributed by atoms with Gasteiger partial charge in [0.15, 0.2) is 11.7 Å². The number of carbonyl (C=O) groups is 3. The monoisotopic (exact) mass is 565 g/mol. The lowest BCUT2D eigenvalue weighted by atomic mass is 10.1. The molecule has 2 aromatic rings. The number of hydrogen-bond donors (Lipinski definition) is 3. The number of amides is 3. The molecule has 0 atom stereocenters. The maximum absolute atomic E-state index is 12.4. The number of thiocarbonyl (C=S) groups is 1. The minimum atomic E-state index is -0.622. The molecule has 2 aromatic carbocycles. The maximum atomic E-state index is 12.4. The van der Waals surface area contributed by atoms with Crippen LogP contribution in [0.5, 0.6) is 5.75 Å². The quantitative estimate of drug-likeness (QED) is 0.291. The van der Waals surface area contributed by atoms with Crippen molar-refractivity contribution in [2.75, 3.05) is 11.9 Å². The van der Waals surface area contributed by atoms with Crippen LogP contribution in [-0.2, 0) is 14.4 Å². The van der Waals surface area contributed by atoms with E-state index in [-0.39, 0.29) is 23.2 Å². The Hall–Kier alpha value is -2.56. The number of halogens is 2. The van der Waals surface area contributed by atoms with Crippen molar-refractivity contribution in [1.82, 2.24) is 10.6 Å². The summed E-state index contributed by atoms with van der Waals surface area (Å²) in [6.45, 7) is 3.61. The molecule has 7 nitrogen and oxygen atoms in total. The number of carbonyl (C=O) groups excluding carboxylic acids is 3. The van der Waals surface area contributed by atoms with Crippen molar-refractivity contribution in [3.63, 3.8) is 0 Å². The van der Waals surface area contributed by atoms with Crippen LogP contribution in [0.25, 0.3) is 6.08 Å². The predicted molar refractivity (Wildman–Crippen MR) is 129 cm³/mol. The van der Waals surface area contributed by atoms with Crippen molar-refractivity contribution in [3.8, 4) is 5.75 Å². The van der Waals surface area contributed by atoms with Gasteiger partial charge in [0.2, 0.25) is 0 Å². The Labute approximate surface area is 200 Å². The van der Waals surface area contributed by atoms with E-state index < -0.39 is 11.8 Å². The second-order valence-corrected chi connectivity index (χ2v) is 8.93. The van der Waals surface area contributed by atoms with Gasteiger partial charge in [-0.1, -0.05) is 33.6 Å². The normalized spacial score (nSPS) is 13.4. The Bertz CT molecular complexity index is 1130. The molecule has 3 amide bonds. The number of nitrogens with one attached hydrogen (secondary N) is 3. The number of ether oxygens (including phenoxy) is 1. The fraction of sp³-hybridized carbons (Fsp3) is 0.143. The first kappa shape index (κ1) is 23.1. The van der Waals surface area contributed by atoms with E-state index in [4.69, 9.17) is 17.0 Å². The third kappa shape index (κ3) is 5.78. The van der Waals surface area contributed by atoms with Gasteiger partial charge in [-0.05, 0) is 71.8 Å². The molecular formula is C21H17Br2N3O4S.